The van der Waals surface area contributed by atoms with E-state index >= 15 is 0 Å². The van der Waals surface area contributed by atoms with Gasteiger partial charge in [-0.25, -0.2) is 8.42 Å². The van der Waals surface area contributed by atoms with Gasteiger partial charge in [-0.15, -0.1) is 0 Å². The molecule has 2 aliphatic rings. The molecule has 0 saturated carbocycles. The first-order chi connectivity index (χ1) is 14.4. The van der Waals surface area contributed by atoms with E-state index < -0.39 is 10.0 Å². The maximum Gasteiger partial charge on any atom is 0.243 e. The summed E-state index contributed by atoms with van der Waals surface area (Å²) in [5.74, 6) is -0.324. The third kappa shape index (κ3) is 5.59. The molecule has 3 rings (SSSR count). The Morgan fingerprint density at radius 3 is 2.73 bits per heavy atom. The predicted octanol–water partition coefficient (Wildman–Crippen LogP) is 0.804. The number of unbranched alkanes of at least 4 members (excludes halogenated alkanes) is 1. The summed E-state index contributed by atoms with van der Waals surface area (Å²) in [6, 6.07) is 8.43. The van der Waals surface area contributed by atoms with Gasteiger partial charge in [0, 0.05) is 51.7 Å². The summed E-state index contributed by atoms with van der Waals surface area (Å²) in [5.41, 5.74) is 0. The van der Waals surface area contributed by atoms with Crippen molar-refractivity contribution < 1.29 is 18.0 Å². The number of hydrogen-bond donors (Lipinski definition) is 2. The quantitative estimate of drug-likeness (QED) is 0.597. The molecule has 1 unspecified atom stereocenters. The third-order valence-electron chi connectivity index (χ3n) is 5.76. The first-order valence-electron chi connectivity index (χ1n) is 10.8. The molecule has 2 fully saturated rings. The van der Waals surface area contributed by atoms with Gasteiger partial charge in [-0.3, -0.25) is 9.59 Å². The minimum absolute atomic E-state index is 0.0243. The third-order valence-corrected chi connectivity index (χ3v) is 7.64. The second-order valence-corrected chi connectivity index (χ2v) is 9.94. The average Bonchev–Trinajstić information content (AvgIpc) is 3.13. The highest BCUT2D eigenvalue weighted by molar-refractivity contribution is 7.89. The fourth-order valence-corrected chi connectivity index (χ4v) is 5.48. The van der Waals surface area contributed by atoms with Crippen LogP contribution in [0.1, 0.15) is 32.6 Å². The predicted molar refractivity (Wildman–Crippen MR) is 114 cm³/mol. The molecule has 0 radical (unpaired) electrons. The Hall–Kier alpha value is -1.97. The van der Waals surface area contributed by atoms with Crippen LogP contribution in [-0.4, -0.2) is 74.7 Å². The summed E-state index contributed by atoms with van der Waals surface area (Å²) in [6.07, 6.45) is 2.88. The van der Waals surface area contributed by atoms with Gasteiger partial charge in [-0.2, -0.15) is 4.31 Å². The number of rotatable bonds is 9. The Kier molecular flexibility index (Phi) is 7.85. The van der Waals surface area contributed by atoms with Gasteiger partial charge < -0.3 is 15.5 Å². The maximum atomic E-state index is 12.8. The van der Waals surface area contributed by atoms with Crippen molar-refractivity contribution in [1.29, 1.82) is 0 Å². The lowest BCUT2D eigenvalue weighted by molar-refractivity contribution is -0.129. The van der Waals surface area contributed by atoms with Crippen LogP contribution in [0.25, 0.3) is 0 Å². The number of sulfonamides is 1. The molecule has 1 aromatic carbocycles. The van der Waals surface area contributed by atoms with Crippen molar-refractivity contribution in [2.45, 2.75) is 43.5 Å². The fraction of sp³-hybridized carbons (Fsp3) is 0.619. The van der Waals surface area contributed by atoms with E-state index in [0.29, 0.717) is 44.0 Å². The fourth-order valence-electron chi connectivity index (χ4n) is 3.98. The lowest BCUT2D eigenvalue weighted by atomic mass is 10.1. The first-order valence-corrected chi connectivity index (χ1v) is 12.2. The van der Waals surface area contributed by atoms with Gasteiger partial charge in [0.15, 0.2) is 0 Å². The lowest BCUT2D eigenvalue weighted by Crippen LogP contribution is -2.53. The van der Waals surface area contributed by atoms with Crippen LogP contribution in [0.4, 0.5) is 0 Å². The largest absolute Gasteiger partial charge is 0.356 e. The van der Waals surface area contributed by atoms with Crippen molar-refractivity contribution >= 4 is 21.8 Å². The van der Waals surface area contributed by atoms with Crippen molar-refractivity contribution in [3.8, 4) is 0 Å². The molecule has 2 heterocycles. The minimum Gasteiger partial charge on any atom is -0.356 e. The Balaban J connectivity index is 1.45. The molecule has 30 heavy (non-hydrogen) atoms. The van der Waals surface area contributed by atoms with Crippen molar-refractivity contribution in [2.24, 2.45) is 5.92 Å². The van der Waals surface area contributed by atoms with E-state index in [9.17, 15) is 18.0 Å². The molecular weight excluding hydrogens is 404 g/mol. The second kappa shape index (κ2) is 10.4. The molecule has 2 N–H and O–H groups in total. The molecule has 8 nitrogen and oxygen atoms in total. The highest BCUT2D eigenvalue weighted by Crippen LogP contribution is 2.19. The van der Waals surface area contributed by atoms with Gasteiger partial charge >= 0.3 is 0 Å². The summed E-state index contributed by atoms with van der Waals surface area (Å²) in [4.78, 5) is 26.6. The van der Waals surface area contributed by atoms with Crippen LogP contribution in [0.15, 0.2) is 35.2 Å². The van der Waals surface area contributed by atoms with Gasteiger partial charge in [0.25, 0.3) is 0 Å². The molecular formula is C21H32N4O4S. The van der Waals surface area contributed by atoms with E-state index in [2.05, 4.69) is 17.6 Å². The van der Waals surface area contributed by atoms with Crippen LogP contribution < -0.4 is 10.6 Å². The number of benzene rings is 1. The number of likely N-dealkylation sites (tertiary alicyclic amines) is 1. The molecule has 0 bridgehead atoms. The van der Waals surface area contributed by atoms with Crippen molar-refractivity contribution in [1.82, 2.24) is 19.8 Å². The Labute approximate surface area is 179 Å². The number of nitrogens with one attached hydrogen (secondary N) is 2. The van der Waals surface area contributed by atoms with Crippen LogP contribution in [0.3, 0.4) is 0 Å². The number of nitrogens with zero attached hydrogens (tertiary/aromatic N) is 2. The van der Waals surface area contributed by atoms with E-state index in [1.807, 2.05) is 0 Å². The molecule has 0 spiro atoms. The lowest BCUT2D eigenvalue weighted by Gasteiger charge is -2.33. The van der Waals surface area contributed by atoms with Crippen molar-refractivity contribution in [2.75, 3.05) is 39.3 Å². The highest BCUT2D eigenvalue weighted by atomic mass is 32.2. The van der Waals surface area contributed by atoms with Gasteiger partial charge in [0.1, 0.15) is 0 Å². The number of carbonyl (C=O) groups excluding carboxylic acids is 2. The minimum atomic E-state index is -3.51. The summed E-state index contributed by atoms with van der Waals surface area (Å²) in [7, 11) is -3.51. The summed E-state index contributed by atoms with van der Waals surface area (Å²) in [6.45, 7) is 5.13. The molecule has 166 valence electrons. The molecule has 2 aliphatic heterocycles. The van der Waals surface area contributed by atoms with Gasteiger partial charge in [0.05, 0.1) is 10.8 Å². The number of hydrogen-bond acceptors (Lipinski definition) is 5. The highest BCUT2D eigenvalue weighted by Gasteiger charge is 2.34. The van der Waals surface area contributed by atoms with Crippen molar-refractivity contribution in [3.63, 3.8) is 0 Å². The zero-order valence-corrected chi connectivity index (χ0v) is 18.4. The summed E-state index contributed by atoms with van der Waals surface area (Å²) < 4.78 is 27.1. The second-order valence-electron chi connectivity index (χ2n) is 8.00. The van der Waals surface area contributed by atoms with E-state index in [1.165, 1.54) is 4.31 Å². The topological polar surface area (TPSA) is 98.8 Å². The molecule has 2 atom stereocenters. The zero-order chi connectivity index (χ0) is 21.6. The van der Waals surface area contributed by atoms with Crippen LogP contribution in [0, 0.1) is 5.92 Å². The SMILES string of the molecule is CCCCN1CC(C(=O)NCC[C@H]2CN(S(=O)(=O)c3ccccc3)CCN2)CC1=O. The van der Waals surface area contributed by atoms with E-state index in [0.717, 1.165) is 19.4 Å². The van der Waals surface area contributed by atoms with Crippen LogP contribution in [0.2, 0.25) is 0 Å². The van der Waals surface area contributed by atoms with Crippen LogP contribution >= 0.6 is 0 Å². The first kappa shape index (κ1) is 22.7. The molecule has 1 aromatic rings. The number of carbonyl (C=O) groups is 2. The Morgan fingerprint density at radius 1 is 1.23 bits per heavy atom. The van der Waals surface area contributed by atoms with E-state index in [-0.39, 0.29) is 30.2 Å². The van der Waals surface area contributed by atoms with Crippen LogP contribution in [0.5, 0.6) is 0 Å². The van der Waals surface area contributed by atoms with E-state index in [4.69, 9.17) is 0 Å². The Morgan fingerprint density at radius 2 is 2.00 bits per heavy atom. The number of piperazine rings is 1. The molecule has 2 amide bonds. The van der Waals surface area contributed by atoms with Gasteiger partial charge in [0.2, 0.25) is 21.8 Å². The normalized spacial score (nSPS) is 23.0. The monoisotopic (exact) mass is 436 g/mol. The zero-order valence-electron chi connectivity index (χ0n) is 17.5. The van der Waals surface area contributed by atoms with E-state index in [1.54, 1.807) is 35.2 Å². The van der Waals surface area contributed by atoms with Gasteiger partial charge in [-0.1, -0.05) is 31.5 Å². The van der Waals surface area contributed by atoms with Gasteiger partial charge in [-0.05, 0) is 25.0 Å². The number of amides is 2. The molecule has 0 aromatic heterocycles. The smallest absolute Gasteiger partial charge is 0.243 e. The van der Waals surface area contributed by atoms with Crippen LogP contribution in [-0.2, 0) is 19.6 Å². The molecule has 0 aliphatic carbocycles. The standard InChI is InChI=1S/C21H32N4O4S/c1-2-3-12-24-15-17(14-20(24)26)21(27)23-10-9-18-16-25(13-11-22-18)30(28,29)19-7-5-4-6-8-19/h4-8,17-18,22H,2-3,9-16H2,1H3,(H,23,27)/t17?,18-/m0/s1. The Bertz CT molecular complexity index is 831. The maximum absolute atomic E-state index is 12.8. The average molecular weight is 437 g/mol. The summed E-state index contributed by atoms with van der Waals surface area (Å²) in [5, 5.41) is 6.26. The summed E-state index contributed by atoms with van der Waals surface area (Å²) >= 11 is 0. The van der Waals surface area contributed by atoms with Crippen molar-refractivity contribution in [3.05, 3.63) is 30.3 Å². The molecule has 2 saturated heterocycles. The molecule has 9 heteroatoms.